The largest absolute Gasteiger partial charge is 0.310 e. The number of rotatable bonds is 6. The number of sulfonamides is 1. The summed E-state index contributed by atoms with van der Waals surface area (Å²) >= 11 is 0. The van der Waals surface area contributed by atoms with Gasteiger partial charge in [0.2, 0.25) is 5.95 Å². The fourth-order valence-electron chi connectivity index (χ4n) is 3.34. The third kappa shape index (κ3) is 4.19. The number of hydrogen-bond acceptors (Lipinski definition) is 4. The molecule has 0 fully saturated rings. The highest BCUT2D eigenvalue weighted by atomic mass is 32.2. The number of fused-ring (bicyclic) bond motifs is 1. The first-order valence-corrected chi connectivity index (χ1v) is 11.4. The van der Waals surface area contributed by atoms with Crippen molar-refractivity contribution < 1.29 is 17.6 Å². The second kappa shape index (κ2) is 8.43. The minimum Gasteiger partial charge on any atom is -0.310 e. The van der Waals surface area contributed by atoms with Gasteiger partial charge in [0.1, 0.15) is 5.82 Å². The Morgan fingerprint density at radius 2 is 1.84 bits per heavy atom. The van der Waals surface area contributed by atoms with Gasteiger partial charge in [-0.2, -0.15) is 0 Å². The van der Waals surface area contributed by atoms with Crippen molar-refractivity contribution >= 4 is 38.6 Å². The summed E-state index contributed by atoms with van der Waals surface area (Å²) in [6.07, 6.45) is 0. The van der Waals surface area contributed by atoms with E-state index in [1.54, 1.807) is 19.1 Å². The van der Waals surface area contributed by atoms with E-state index in [0.717, 1.165) is 17.1 Å². The fraction of sp³-hybridized carbons (Fsp3) is 0.130. The van der Waals surface area contributed by atoms with Crippen LogP contribution in [-0.4, -0.2) is 23.9 Å². The Labute approximate surface area is 185 Å². The van der Waals surface area contributed by atoms with Crippen LogP contribution in [-0.2, 0) is 16.6 Å². The number of carbonyl (C=O) groups is 1. The zero-order valence-electron chi connectivity index (χ0n) is 17.5. The van der Waals surface area contributed by atoms with Crippen molar-refractivity contribution in [1.82, 2.24) is 9.55 Å². The molecule has 1 amide bonds. The second-order valence-electron chi connectivity index (χ2n) is 7.22. The lowest BCUT2D eigenvalue weighted by molar-refractivity contribution is 0.102. The van der Waals surface area contributed by atoms with Crippen molar-refractivity contribution in [1.29, 1.82) is 0 Å². The molecule has 0 aliphatic carbocycles. The van der Waals surface area contributed by atoms with Crippen LogP contribution in [0.2, 0.25) is 0 Å². The Balaban J connectivity index is 1.58. The maximum atomic E-state index is 13.8. The molecule has 0 bridgehead atoms. The Kier molecular flexibility index (Phi) is 5.67. The molecule has 0 saturated heterocycles. The maximum absolute atomic E-state index is 13.8. The zero-order chi connectivity index (χ0) is 22.9. The van der Waals surface area contributed by atoms with Crippen molar-refractivity contribution in [2.45, 2.75) is 25.3 Å². The summed E-state index contributed by atoms with van der Waals surface area (Å²) in [5, 5.41) is 2.79. The lowest BCUT2D eigenvalue weighted by Crippen LogP contribution is -2.17. The number of halogens is 1. The van der Waals surface area contributed by atoms with Crippen molar-refractivity contribution in [3.63, 3.8) is 0 Å². The molecular formula is C23H21FN4O3S. The average molecular weight is 453 g/mol. The molecule has 4 rings (SSSR count). The van der Waals surface area contributed by atoms with Gasteiger partial charge in [0.05, 0.1) is 15.9 Å². The van der Waals surface area contributed by atoms with Crippen LogP contribution in [0, 0.1) is 12.7 Å². The molecule has 0 unspecified atom stereocenters. The molecule has 0 radical (unpaired) electrons. The molecule has 3 aromatic carbocycles. The van der Waals surface area contributed by atoms with Gasteiger partial charge >= 0.3 is 0 Å². The first-order chi connectivity index (χ1) is 15.3. The van der Waals surface area contributed by atoms with Gasteiger partial charge in [-0.3, -0.25) is 14.8 Å². The number of nitrogens with zero attached hydrogens (tertiary/aromatic N) is 2. The number of anilines is 2. The summed E-state index contributed by atoms with van der Waals surface area (Å²) in [5.41, 5.74) is 2.44. The minimum atomic E-state index is -4.02. The van der Waals surface area contributed by atoms with Crippen LogP contribution in [0.25, 0.3) is 11.0 Å². The van der Waals surface area contributed by atoms with E-state index in [2.05, 4.69) is 15.0 Å². The van der Waals surface area contributed by atoms with E-state index < -0.39 is 21.7 Å². The first kappa shape index (κ1) is 21.5. The highest BCUT2D eigenvalue weighted by Gasteiger charge is 2.18. The molecule has 32 heavy (non-hydrogen) atoms. The molecule has 2 N–H and O–H groups in total. The molecule has 0 saturated carbocycles. The molecule has 0 spiro atoms. The summed E-state index contributed by atoms with van der Waals surface area (Å²) < 4.78 is 43.3. The van der Waals surface area contributed by atoms with Crippen LogP contribution in [0.15, 0.2) is 71.6 Å². The van der Waals surface area contributed by atoms with Crippen LogP contribution < -0.4 is 10.0 Å². The standard InChI is InChI=1S/C23H21FN4O3S/c1-3-28-21-10-5-4-9-20(21)25-23(28)26-22(29)16-7-6-8-17(13-16)27-32(30,31)18-12-11-15(2)19(24)14-18/h4-14,27H,3H2,1-2H3,(H,25,26,29). The number of aryl methyl sites for hydroxylation is 2. The van der Waals surface area contributed by atoms with E-state index in [1.807, 2.05) is 35.8 Å². The van der Waals surface area contributed by atoms with Gasteiger partial charge in [-0.15, -0.1) is 0 Å². The number of nitrogens with one attached hydrogen (secondary N) is 2. The van der Waals surface area contributed by atoms with Crippen molar-refractivity contribution in [3.8, 4) is 0 Å². The number of hydrogen-bond donors (Lipinski definition) is 2. The van der Waals surface area contributed by atoms with Crippen LogP contribution in [0.3, 0.4) is 0 Å². The molecule has 0 aliphatic rings. The number of imidazole rings is 1. The Morgan fingerprint density at radius 1 is 1.06 bits per heavy atom. The van der Waals surface area contributed by atoms with Gasteiger partial charge in [0.25, 0.3) is 15.9 Å². The molecule has 0 aliphatic heterocycles. The third-order valence-corrected chi connectivity index (χ3v) is 6.41. The summed E-state index contributed by atoms with van der Waals surface area (Å²) in [4.78, 5) is 17.1. The topological polar surface area (TPSA) is 93.1 Å². The normalized spacial score (nSPS) is 11.5. The maximum Gasteiger partial charge on any atom is 0.261 e. The predicted molar refractivity (Wildman–Crippen MR) is 122 cm³/mol. The van der Waals surface area contributed by atoms with Gasteiger partial charge in [0, 0.05) is 17.8 Å². The smallest absolute Gasteiger partial charge is 0.261 e. The molecule has 164 valence electrons. The van der Waals surface area contributed by atoms with Crippen LogP contribution in [0.1, 0.15) is 22.8 Å². The van der Waals surface area contributed by atoms with Crippen LogP contribution in [0.4, 0.5) is 16.0 Å². The van der Waals surface area contributed by atoms with Gasteiger partial charge in [-0.1, -0.05) is 24.3 Å². The highest BCUT2D eigenvalue weighted by Crippen LogP contribution is 2.22. The summed E-state index contributed by atoms with van der Waals surface area (Å²) in [7, 11) is -4.02. The molecule has 9 heteroatoms. The van der Waals surface area contributed by atoms with Gasteiger partial charge in [-0.05, 0) is 61.9 Å². The van der Waals surface area contributed by atoms with Gasteiger partial charge in [0.15, 0.2) is 0 Å². The molecule has 7 nitrogen and oxygen atoms in total. The van der Waals surface area contributed by atoms with E-state index in [-0.39, 0.29) is 16.1 Å². The third-order valence-electron chi connectivity index (χ3n) is 5.03. The van der Waals surface area contributed by atoms with Crippen molar-refractivity contribution in [3.05, 3.63) is 83.7 Å². The first-order valence-electron chi connectivity index (χ1n) is 9.94. The molecule has 1 heterocycles. The van der Waals surface area contributed by atoms with E-state index in [9.17, 15) is 17.6 Å². The Hall–Kier alpha value is -3.72. The monoisotopic (exact) mass is 452 g/mol. The Bertz CT molecular complexity index is 1430. The number of carbonyl (C=O) groups excluding carboxylic acids is 1. The quantitative estimate of drug-likeness (QED) is 0.449. The molecule has 1 aromatic heterocycles. The van der Waals surface area contributed by atoms with Gasteiger partial charge < -0.3 is 4.57 Å². The predicted octanol–water partition coefficient (Wildman–Crippen LogP) is 4.56. The summed E-state index contributed by atoms with van der Waals surface area (Å²) in [5.74, 6) is -0.642. The number of benzene rings is 3. The number of amides is 1. The van der Waals surface area contributed by atoms with E-state index in [0.29, 0.717) is 18.1 Å². The lowest BCUT2D eigenvalue weighted by Gasteiger charge is -2.11. The second-order valence-corrected chi connectivity index (χ2v) is 8.90. The molecular weight excluding hydrogens is 431 g/mol. The molecule has 4 aromatic rings. The summed E-state index contributed by atoms with van der Waals surface area (Å²) in [6.45, 7) is 4.12. The Morgan fingerprint density at radius 3 is 2.59 bits per heavy atom. The lowest BCUT2D eigenvalue weighted by atomic mass is 10.2. The molecule has 0 atom stereocenters. The zero-order valence-corrected chi connectivity index (χ0v) is 18.3. The van der Waals surface area contributed by atoms with Crippen LogP contribution in [0.5, 0.6) is 0 Å². The summed E-state index contributed by atoms with van der Waals surface area (Å²) in [6, 6.07) is 17.3. The fourth-order valence-corrected chi connectivity index (χ4v) is 4.40. The van der Waals surface area contributed by atoms with E-state index in [1.165, 1.54) is 24.3 Å². The van der Waals surface area contributed by atoms with Crippen molar-refractivity contribution in [2.75, 3.05) is 10.0 Å². The van der Waals surface area contributed by atoms with E-state index >= 15 is 0 Å². The van der Waals surface area contributed by atoms with Crippen LogP contribution >= 0.6 is 0 Å². The number of aromatic nitrogens is 2. The SMILES string of the molecule is CCn1c(NC(=O)c2cccc(NS(=O)(=O)c3ccc(C)c(F)c3)c2)nc2ccccc21. The minimum absolute atomic E-state index is 0.183. The number of para-hydroxylation sites is 2. The van der Waals surface area contributed by atoms with Gasteiger partial charge in [-0.25, -0.2) is 17.8 Å². The highest BCUT2D eigenvalue weighted by molar-refractivity contribution is 7.92. The average Bonchev–Trinajstić information content (AvgIpc) is 3.12. The van der Waals surface area contributed by atoms with Crippen molar-refractivity contribution in [2.24, 2.45) is 0 Å². The van der Waals surface area contributed by atoms with E-state index in [4.69, 9.17) is 0 Å².